The van der Waals surface area contributed by atoms with Crippen molar-refractivity contribution in [3.8, 4) is 12.3 Å². The first kappa shape index (κ1) is 10.8. The van der Waals surface area contributed by atoms with Crippen LogP contribution in [0.5, 0.6) is 0 Å². The fourth-order valence-electron chi connectivity index (χ4n) is 1.11. The number of hydrogen-bond donors (Lipinski definition) is 1. The summed E-state index contributed by atoms with van der Waals surface area (Å²) in [5.74, 6) is 2.62. The number of thiophene rings is 1. The van der Waals surface area contributed by atoms with Crippen LogP contribution >= 0.6 is 27.3 Å². The van der Waals surface area contributed by atoms with Crippen LogP contribution in [0.4, 0.5) is 0 Å². The lowest BCUT2D eigenvalue weighted by Crippen LogP contribution is -2.08. The molecule has 0 aromatic carbocycles. The van der Waals surface area contributed by atoms with Crippen LogP contribution in [0.1, 0.15) is 30.9 Å². The minimum Gasteiger partial charge on any atom is -0.324 e. The second kappa shape index (κ2) is 5.43. The van der Waals surface area contributed by atoms with Crippen molar-refractivity contribution in [2.45, 2.75) is 25.3 Å². The first-order chi connectivity index (χ1) is 6.24. The highest BCUT2D eigenvalue weighted by atomic mass is 79.9. The minimum atomic E-state index is 0.135. The molecule has 0 radical (unpaired) electrons. The molecule has 0 amide bonds. The van der Waals surface area contributed by atoms with Crippen molar-refractivity contribution in [3.63, 3.8) is 0 Å². The largest absolute Gasteiger partial charge is 0.324 e. The van der Waals surface area contributed by atoms with Crippen LogP contribution in [0.3, 0.4) is 0 Å². The second-order valence-electron chi connectivity index (χ2n) is 2.89. The molecule has 13 heavy (non-hydrogen) atoms. The van der Waals surface area contributed by atoms with E-state index in [1.165, 1.54) is 5.56 Å². The molecule has 0 aliphatic rings. The Labute approximate surface area is 91.5 Å². The van der Waals surface area contributed by atoms with E-state index in [1.54, 1.807) is 11.3 Å². The maximum absolute atomic E-state index is 5.97. The number of unbranched alkanes of at least 4 members (excludes halogenated alkanes) is 1. The minimum absolute atomic E-state index is 0.135. The Morgan fingerprint density at radius 2 is 2.46 bits per heavy atom. The quantitative estimate of drug-likeness (QED) is 0.650. The summed E-state index contributed by atoms with van der Waals surface area (Å²) in [6.45, 7) is 0. The number of nitrogens with two attached hydrogens (primary N) is 1. The smallest absolute Gasteiger partial charge is 0.0701 e. The summed E-state index contributed by atoms with van der Waals surface area (Å²) in [5.41, 5.74) is 7.17. The fraction of sp³-hybridized carbons (Fsp3) is 0.400. The lowest BCUT2D eigenvalue weighted by atomic mass is 10.1. The third-order valence-corrected chi connectivity index (χ3v) is 3.37. The van der Waals surface area contributed by atoms with Crippen molar-refractivity contribution in [1.29, 1.82) is 0 Å². The van der Waals surface area contributed by atoms with Gasteiger partial charge in [0.1, 0.15) is 0 Å². The van der Waals surface area contributed by atoms with Gasteiger partial charge in [-0.3, -0.25) is 0 Å². The number of rotatable bonds is 4. The molecule has 1 heterocycles. The topological polar surface area (TPSA) is 26.0 Å². The molecule has 0 spiro atoms. The predicted molar refractivity (Wildman–Crippen MR) is 61.6 cm³/mol. The summed E-state index contributed by atoms with van der Waals surface area (Å²) in [6.07, 6.45) is 7.95. The molecular formula is C10H12BrNS. The maximum Gasteiger partial charge on any atom is 0.0701 e. The van der Waals surface area contributed by atoms with Crippen molar-refractivity contribution in [2.24, 2.45) is 5.73 Å². The molecule has 1 nitrogen and oxygen atoms in total. The summed E-state index contributed by atoms with van der Waals surface area (Å²) in [7, 11) is 0. The van der Waals surface area contributed by atoms with E-state index >= 15 is 0 Å². The van der Waals surface area contributed by atoms with Crippen molar-refractivity contribution in [3.05, 3.63) is 20.8 Å². The van der Waals surface area contributed by atoms with Crippen molar-refractivity contribution in [2.75, 3.05) is 0 Å². The molecule has 2 N–H and O–H groups in total. The molecule has 3 heteroatoms. The molecule has 1 atom stereocenters. The van der Waals surface area contributed by atoms with Gasteiger partial charge in [-0.15, -0.1) is 23.7 Å². The van der Waals surface area contributed by atoms with Gasteiger partial charge in [-0.1, -0.05) is 0 Å². The van der Waals surface area contributed by atoms with E-state index in [2.05, 4.69) is 33.3 Å². The van der Waals surface area contributed by atoms with Gasteiger partial charge in [-0.05, 0) is 45.8 Å². The highest BCUT2D eigenvalue weighted by molar-refractivity contribution is 9.11. The molecule has 0 saturated carbocycles. The molecule has 0 saturated heterocycles. The monoisotopic (exact) mass is 257 g/mol. The van der Waals surface area contributed by atoms with Gasteiger partial charge in [0.2, 0.25) is 0 Å². The van der Waals surface area contributed by atoms with Crippen molar-refractivity contribution in [1.82, 2.24) is 0 Å². The van der Waals surface area contributed by atoms with E-state index in [1.807, 2.05) is 0 Å². The molecule has 0 bridgehead atoms. The number of terminal acetylenes is 1. The highest BCUT2D eigenvalue weighted by Crippen LogP contribution is 2.26. The zero-order valence-corrected chi connectivity index (χ0v) is 9.70. The van der Waals surface area contributed by atoms with Crippen molar-refractivity contribution >= 4 is 27.3 Å². The highest BCUT2D eigenvalue weighted by Gasteiger charge is 2.06. The van der Waals surface area contributed by atoms with E-state index in [0.717, 1.165) is 23.0 Å². The fourth-order valence-corrected chi connectivity index (χ4v) is 2.35. The molecule has 0 aliphatic heterocycles. The standard InChI is InChI=1S/C10H12BrNS/c1-2-3-4-5-9(12)8-6-10(11)13-7-8/h1,6-7,9H,3-5,12H2. The third kappa shape index (κ3) is 3.51. The Kier molecular flexibility index (Phi) is 4.51. The van der Waals surface area contributed by atoms with Crippen LogP contribution in [-0.2, 0) is 0 Å². The Bertz CT molecular complexity index is 300. The molecule has 1 aromatic heterocycles. The molecule has 1 rings (SSSR count). The lowest BCUT2D eigenvalue weighted by Gasteiger charge is -2.07. The average Bonchev–Trinajstić information content (AvgIpc) is 2.52. The summed E-state index contributed by atoms with van der Waals surface area (Å²) >= 11 is 5.08. The Morgan fingerprint density at radius 3 is 3.00 bits per heavy atom. The third-order valence-electron chi connectivity index (χ3n) is 1.85. The SMILES string of the molecule is C#CCCCC(N)c1csc(Br)c1. The first-order valence-electron chi connectivity index (χ1n) is 4.17. The van der Waals surface area contributed by atoms with Gasteiger partial charge in [-0.2, -0.15) is 0 Å². The normalized spacial score (nSPS) is 12.4. The predicted octanol–water partition coefficient (Wildman–Crippen LogP) is 3.31. The Morgan fingerprint density at radius 1 is 1.69 bits per heavy atom. The van der Waals surface area contributed by atoms with Gasteiger partial charge in [0.25, 0.3) is 0 Å². The molecule has 1 unspecified atom stereocenters. The lowest BCUT2D eigenvalue weighted by molar-refractivity contribution is 0.622. The molecule has 1 aromatic rings. The molecular weight excluding hydrogens is 246 g/mol. The summed E-state index contributed by atoms with van der Waals surface area (Å²) in [5, 5.41) is 2.09. The van der Waals surface area contributed by atoms with E-state index in [4.69, 9.17) is 12.2 Å². The van der Waals surface area contributed by atoms with Crippen LogP contribution in [0.15, 0.2) is 15.2 Å². The number of halogens is 1. The van der Waals surface area contributed by atoms with Gasteiger partial charge in [0.05, 0.1) is 3.79 Å². The van der Waals surface area contributed by atoms with Gasteiger partial charge in [-0.25, -0.2) is 0 Å². The van der Waals surface area contributed by atoms with Gasteiger partial charge in [0, 0.05) is 12.5 Å². The van der Waals surface area contributed by atoms with Crippen LogP contribution < -0.4 is 5.73 Å². The van der Waals surface area contributed by atoms with Crippen molar-refractivity contribution < 1.29 is 0 Å². The average molecular weight is 258 g/mol. The summed E-state index contributed by atoms with van der Waals surface area (Å²) in [6, 6.07) is 2.21. The second-order valence-corrected chi connectivity index (χ2v) is 5.18. The Hall–Kier alpha value is -0.300. The Balaban J connectivity index is 2.40. The van der Waals surface area contributed by atoms with Gasteiger partial charge >= 0.3 is 0 Å². The summed E-state index contributed by atoms with van der Waals surface area (Å²) < 4.78 is 1.13. The molecule has 0 aliphatic carbocycles. The van der Waals surface area contributed by atoms with E-state index in [0.29, 0.717) is 0 Å². The summed E-state index contributed by atoms with van der Waals surface area (Å²) in [4.78, 5) is 0. The first-order valence-corrected chi connectivity index (χ1v) is 5.84. The maximum atomic E-state index is 5.97. The van der Waals surface area contributed by atoms with Gasteiger partial charge in [0.15, 0.2) is 0 Å². The van der Waals surface area contributed by atoms with E-state index in [9.17, 15) is 0 Å². The van der Waals surface area contributed by atoms with E-state index < -0.39 is 0 Å². The zero-order valence-electron chi connectivity index (χ0n) is 7.29. The zero-order chi connectivity index (χ0) is 9.68. The van der Waals surface area contributed by atoms with Crippen LogP contribution in [-0.4, -0.2) is 0 Å². The number of hydrogen-bond acceptors (Lipinski definition) is 2. The molecule has 0 fully saturated rings. The van der Waals surface area contributed by atoms with Crippen LogP contribution in [0, 0.1) is 12.3 Å². The van der Waals surface area contributed by atoms with Crippen LogP contribution in [0.2, 0.25) is 0 Å². The van der Waals surface area contributed by atoms with Gasteiger partial charge < -0.3 is 5.73 Å². The van der Waals surface area contributed by atoms with E-state index in [-0.39, 0.29) is 6.04 Å². The van der Waals surface area contributed by atoms with Crippen LogP contribution in [0.25, 0.3) is 0 Å². The molecule has 70 valence electrons.